The van der Waals surface area contributed by atoms with Crippen LogP contribution in [0, 0.1) is 0 Å². The average molecular weight is 465 g/mol. The molecule has 8 heteroatoms. The molecule has 34 heavy (non-hydrogen) atoms. The SMILES string of the molecule is O=C(O[C@@H](C(=O)Nc1cccc(C(F)(F)F)c1)c1ccccc1)c1cc2ccccc2cc1O. The number of aromatic hydroxyl groups is 1. The zero-order valence-corrected chi connectivity index (χ0v) is 17.5. The minimum absolute atomic E-state index is 0.106. The summed E-state index contributed by atoms with van der Waals surface area (Å²) in [6.45, 7) is 0. The average Bonchev–Trinajstić information content (AvgIpc) is 2.82. The molecular formula is C26H18F3NO4. The molecule has 0 heterocycles. The summed E-state index contributed by atoms with van der Waals surface area (Å²) >= 11 is 0. The summed E-state index contributed by atoms with van der Waals surface area (Å²) in [5.41, 5.74) is -0.878. The standard InChI is InChI=1S/C26H18F3NO4/c27-26(28,29)19-11-6-12-20(15-19)30-24(32)23(16-7-2-1-3-8-16)34-25(33)21-13-17-9-4-5-10-18(17)14-22(21)31/h1-15,23,31H,(H,30,32)/t23-/m1/s1. The Kier molecular flexibility index (Phi) is 6.23. The highest BCUT2D eigenvalue weighted by atomic mass is 19.4. The normalized spacial score (nSPS) is 12.2. The van der Waals surface area contributed by atoms with Gasteiger partial charge < -0.3 is 15.2 Å². The van der Waals surface area contributed by atoms with Crippen molar-refractivity contribution in [2.45, 2.75) is 12.3 Å². The molecule has 1 atom stereocenters. The van der Waals surface area contributed by atoms with Crippen LogP contribution >= 0.6 is 0 Å². The number of nitrogens with one attached hydrogen (secondary N) is 1. The van der Waals surface area contributed by atoms with Gasteiger partial charge in [-0.1, -0.05) is 60.7 Å². The summed E-state index contributed by atoms with van der Waals surface area (Å²) in [5.74, 6) is -2.13. The third kappa shape index (κ3) is 5.01. The molecule has 4 aromatic rings. The van der Waals surface area contributed by atoms with Crippen molar-refractivity contribution in [3.05, 3.63) is 108 Å². The van der Waals surface area contributed by atoms with E-state index in [1.54, 1.807) is 54.6 Å². The second-order valence-corrected chi connectivity index (χ2v) is 7.48. The van der Waals surface area contributed by atoms with Crippen molar-refractivity contribution < 1.29 is 32.6 Å². The van der Waals surface area contributed by atoms with E-state index in [0.29, 0.717) is 16.3 Å². The van der Waals surface area contributed by atoms with Crippen molar-refractivity contribution in [3.63, 3.8) is 0 Å². The minimum atomic E-state index is -4.58. The number of phenols is 1. The zero-order valence-electron chi connectivity index (χ0n) is 17.5. The Morgan fingerprint density at radius 2 is 1.47 bits per heavy atom. The number of carbonyl (C=O) groups is 2. The number of fused-ring (bicyclic) bond motifs is 1. The van der Waals surface area contributed by atoms with Crippen LogP contribution in [0.5, 0.6) is 5.75 Å². The van der Waals surface area contributed by atoms with Gasteiger partial charge in [0, 0.05) is 11.3 Å². The fraction of sp³-hybridized carbons (Fsp3) is 0.0769. The van der Waals surface area contributed by atoms with Crippen LogP contribution in [-0.4, -0.2) is 17.0 Å². The second kappa shape index (κ2) is 9.27. The van der Waals surface area contributed by atoms with Crippen LogP contribution in [0.4, 0.5) is 18.9 Å². The van der Waals surface area contributed by atoms with E-state index in [1.165, 1.54) is 18.2 Å². The fourth-order valence-corrected chi connectivity index (χ4v) is 3.44. The maximum atomic E-state index is 13.0. The first-order valence-electron chi connectivity index (χ1n) is 10.2. The molecule has 0 unspecified atom stereocenters. The number of benzene rings is 4. The minimum Gasteiger partial charge on any atom is -0.507 e. The van der Waals surface area contributed by atoms with Gasteiger partial charge in [-0.3, -0.25) is 4.79 Å². The number of alkyl halides is 3. The van der Waals surface area contributed by atoms with Gasteiger partial charge in [-0.05, 0) is 41.1 Å². The number of amides is 1. The van der Waals surface area contributed by atoms with Crippen LogP contribution in [0.2, 0.25) is 0 Å². The number of anilines is 1. The Morgan fingerprint density at radius 1 is 0.824 bits per heavy atom. The highest BCUT2D eigenvalue weighted by Gasteiger charge is 2.31. The van der Waals surface area contributed by atoms with Crippen LogP contribution in [0.1, 0.15) is 27.6 Å². The predicted molar refractivity (Wildman–Crippen MR) is 120 cm³/mol. The van der Waals surface area contributed by atoms with Crippen LogP contribution in [-0.2, 0) is 15.7 Å². The van der Waals surface area contributed by atoms with Crippen molar-refractivity contribution >= 4 is 28.3 Å². The molecule has 0 aliphatic rings. The van der Waals surface area contributed by atoms with Crippen molar-refractivity contribution in [1.82, 2.24) is 0 Å². The first kappa shape index (κ1) is 22.8. The fourth-order valence-electron chi connectivity index (χ4n) is 3.44. The van der Waals surface area contributed by atoms with Crippen molar-refractivity contribution in [2.24, 2.45) is 0 Å². The van der Waals surface area contributed by atoms with Gasteiger partial charge in [-0.25, -0.2) is 4.79 Å². The summed E-state index contributed by atoms with van der Waals surface area (Å²) in [6, 6.07) is 22.1. The van der Waals surface area contributed by atoms with Crippen molar-refractivity contribution in [3.8, 4) is 5.75 Å². The number of carbonyl (C=O) groups excluding carboxylic acids is 2. The van der Waals surface area contributed by atoms with Gasteiger partial charge >= 0.3 is 12.1 Å². The molecule has 0 fully saturated rings. The molecule has 2 N–H and O–H groups in total. The Labute approximate surface area is 192 Å². The molecule has 0 aromatic heterocycles. The van der Waals surface area contributed by atoms with E-state index in [0.717, 1.165) is 18.2 Å². The van der Waals surface area contributed by atoms with Gasteiger partial charge in [0.1, 0.15) is 11.3 Å². The van der Waals surface area contributed by atoms with E-state index in [2.05, 4.69) is 5.32 Å². The second-order valence-electron chi connectivity index (χ2n) is 7.48. The molecule has 0 aliphatic carbocycles. The summed E-state index contributed by atoms with van der Waals surface area (Å²) in [6.07, 6.45) is -6.06. The number of halogens is 3. The zero-order chi connectivity index (χ0) is 24.3. The molecule has 0 radical (unpaired) electrons. The summed E-state index contributed by atoms with van der Waals surface area (Å²) in [7, 11) is 0. The molecule has 0 aliphatic heterocycles. The molecule has 172 valence electrons. The van der Waals surface area contributed by atoms with E-state index in [9.17, 15) is 27.9 Å². The Balaban J connectivity index is 1.63. The van der Waals surface area contributed by atoms with E-state index in [-0.39, 0.29) is 17.0 Å². The Morgan fingerprint density at radius 3 is 2.15 bits per heavy atom. The maximum Gasteiger partial charge on any atom is 0.416 e. The largest absolute Gasteiger partial charge is 0.507 e. The number of esters is 1. The van der Waals surface area contributed by atoms with Crippen molar-refractivity contribution in [2.75, 3.05) is 5.32 Å². The van der Waals surface area contributed by atoms with E-state index < -0.39 is 29.7 Å². The molecule has 0 bridgehead atoms. The molecular weight excluding hydrogens is 447 g/mol. The first-order valence-corrected chi connectivity index (χ1v) is 10.2. The molecule has 0 saturated heterocycles. The topological polar surface area (TPSA) is 75.6 Å². The van der Waals surface area contributed by atoms with E-state index >= 15 is 0 Å². The number of hydrogen-bond donors (Lipinski definition) is 2. The molecule has 0 saturated carbocycles. The lowest BCUT2D eigenvalue weighted by Crippen LogP contribution is -2.26. The first-order chi connectivity index (χ1) is 16.2. The van der Waals surface area contributed by atoms with Crippen LogP contribution in [0.3, 0.4) is 0 Å². The lowest BCUT2D eigenvalue weighted by molar-refractivity contribution is -0.137. The molecule has 4 rings (SSSR count). The molecule has 4 aromatic carbocycles. The van der Waals surface area contributed by atoms with Gasteiger partial charge in [0.25, 0.3) is 5.91 Å². The number of hydrogen-bond acceptors (Lipinski definition) is 4. The summed E-state index contributed by atoms with van der Waals surface area (Å²) in [4.78, 5) is 25.9. The quantitative estimate of drug-likeness (QED) is 0.349. The van der Waals surface area contributed by atoms with Gasteiger partial charge in [0.15, 0.2) is 0 Å². The lowest BCUT2D eigenvalue weighted by Gasteiger charge is -2.19. The number of ether oxygens (including phenoxy) is 1. The number of phenolic OH excluding ortho intramolecular Hbond substituents is 1. The predicted octanol–water partition coefficient (Wildman–Crippen LogP) is 6.10. The Hall–Kier alpha value is -4.33. The van der Waals surface area contributed by atoms with Crippen molar-refractivity contribution in [1.29, 1.82) is 0 Å². The van der Waals surface area contributed by atoms with E-state index in [4.69, 9.17) is 4.74 Å². The Bertz CT molecular complexity index is 1350. The van der Waals surface area contributed by atoms with Crippen LogP contribution < -0.4 is 5.32 Å². The van der Waals surface area contributed by atoms with Gasteiger partial charge in [0.05, 0.1) is 5.56 Å². The van der Waals surface area contributed by atoms with Gasteiger partial charge in [-0.2, -0.15) is 13.2 Å². The van der Waals surface area contributed by atoms with Gasteiger partial charge in [0.2, 0.25) is 6.10 Å². The molecule has 0 spiro atoms. The van der Waals surface area contributed by atoms with E-state index in [1.807, 2.05) is 0 Å². The highest BCUT2D eigenvalue weighted by molar-refractivity contribution is 6.01. The lowest BCUT2D eigenvalue weighted by atomic mass is 10.1. The maximum absolute atomic E-state index is 13.0. The molecule has 1 amide bonds. The highest BCUT2D eigenvalue weighted by Crippen LogP contribution is 2.32. The number of rotatable bonds is 5. The third-order valence-electron chi connectivity index (χ3n) is 5.11. The third-order valence-corrected chi connectivity index (χ3v) is 5.11. The monoisotopic (exact) mass is 465 g/mol. The van der Waals surface area contributed by atoms with Crippen LogP contribution in [0.25, 0.3) is 10.8 Å². The van der Waals surface area contributed by atoms with Gasteiger partial charge in [-0.15, -0.1) is 0 Å². The summed E-state index contributed by atoms with van der Waals surface area (Å²) in [5, 5.41) is 14.1. The molecule has 5 nitrogen and oxygen atoms in total. The smallest absolute Gasteiger partial charge is 0.416 e. The summed E-state index contributed by atoms with van der Waals surface area (Å²) < 4.78 is 44.5. The van der Waals surface area contributed by atoms with Crippen LogP contribution in [0.15, 0.2) is 91.0 Å².